The van der Waals surface area contributed by atoms with Gasteiger partial charge in [-0.1, -0.05) is 6.07 Å². The third-order valence-corrected chi connectivity index (χ3v) is 6.89. The summed E-state index contributed by atoms with van der Waals surface area (Å²) in [5.41, 5.74) is 2.11. The summed E-state index contributed by atoms with van der Waals surface area (Å²) in [6, 6.07) is 3.32. The van der Waals surface area contributed by atoms with Gasteiger partial charge in [0.05, 0.1) is 23.9 Å². The van der Waals surface area contributed by atoms with Gasteiger partial charge in [0.15, 0.2) is 9.84 Å². The van der Waals surface area contributed by atoms with Crippen LogP contribution in [-0.4, -0.2) is 75.8 Å². The van der Waals surface area contributed by atoms with Crippen LogP contribution < -0.4 is 0 Å². The van der Waals surface area contributed by atoms with Crippen molar-refractivity contribution in [2.45, 2.75) is 25.6 Å². The van der Waals surface area contributed by atoms with Crippen molar-refractivity contribution >= 4 is 15.7 Å². The molecule has 2 aromatic rings. The van der Waals surface area contributed by atoms with Gasteiger partial charge in [-0.3, -0.25) is 14.7 Å². The minimum atomic E-state index is -3.18. The summed E-state index contributed by atoms with van der Waals surface area (Å²) in [7, 11) is -3.18. The van der Waals surface area contributed by atoms with Crippen molar-refractivity contribution in [2.24, 2.45) is 0 Å². The van der Waals surface area contributed by atoms with E-state index in [1.54, 1.807) is 24.2 Å². The molecule has 2 fully saturated rings. The second-order valence-corrected chi connectivity index (χ2v) is 9.07. The van der Waals surface area contributed by atoms with E-state index in [4.69, 9.17) is 0 Å². The summed E-state index contributed by atoms with van der Waals surface area (Å²) < 4.78 is 24.6. The molecule has 2 saturated heterocycles. The average Bonchev–Trinajstić information content (AvgIpc) is 3.17. The Labute approximate surface area is 152 Å². The number of sulfone groups is 1. The summed E-state index contributed by atoms with van der Waals surface area (Å²) in [6.07, 6.45) is 5.00. The normalized spacial score (nSPS) is 25.2. The monoisotopic (exact) mass is 375 g/mol. The smallest absolute Gasteiger partial charge is 0.274 e. The SMILES string of the molecule is Cc1[nH]cnc1C(=O)N1CCN(Cc2cccnc2)[C@@H]2CS(=O)(=O)C[C@@H]21. The van der Waals surface area contributed by atoms with Crippen molar-refractivity contribution in [1.29, 1.82) is 0 Å². The van der Waals surface area contributed by atoms with E-state index in [2.05, 4.69) is 19.9 Å². The molecule has 0 aromatic carbocycles. The Kier molecular flexibility index (Phi) is 4.28. The molecule has 2 aliphatic rings. The van der Waals surface area contributed by atoms with Crippen LogP contribution in [0.25, 0.3) is 0 Å². The minimum Gasteiger partial charge on any atom is -0.348 e. The fourth-order valence-corrected chi connectivity index (χ4v) is 5.92. The second-order valence-electron chi connectivity index (χ2n) is 6.92. The molecule has 138 valence electrons. The molecule has 0 aliphatic carbocycles. The molecule has 4 rings (SSSR count). The lowest BCUT2D eigenvalue weighted by atomic mass is 10.0. The van der Waals surface area contributed by atoms with Crippen molar-refractivity contribution in [3.63, 3.8) is 0 Å². The molecule has 1 amide bonds. The Balaban J connectivity index is 1.60. The molecular formula is C17H21N5O3S. The third kappa shape index (κ3) is 3.12. The zero-order chi connectivity index (χ0) is 18.3. The maximum absolute atomic E-state index is 12.9. The zero-order valence-electron chi connectivity index (χ0n) is 14.5. The Bertz CT molecular complexity index is 911. The molecule has 0 saturated carbocycles. The number of aromatic amines is 1. The van der Waals surface area contributed by atoms with Crippen LogP contribution in [0.1, 0.15) is 21.7 Å². The number of H-pyrrole nitrogens is 1. The number of aromatic nitrogens is 3. The lowest BCUT2D eigenvalue weighted by Gasteiger charge is -2.43. The molecule has 0 unspecified atom stereocenters. The molecule has 0 radical (unpaired) electrons. The largest absolute Gasteiger partial charge is 0.348 e. The van der Waals surface area contributed by atoms with Crippen molar-refractivity contribution < 1.29 is 13.2 Å². The Morgan fingerprint density at radius 3 is 2.81 bits per heavy atom. The van der Waals surface area contributed by atoms with Crippen molar-refractivity contribution in [3.8, 4) is 0 Å². The van der Waals surface area contributed by atoms with E-state index in [-0.39, 0.29) is 29.5 Å². The first-order valence-electron chi connectivity index (χ1n) is 8.59. The van der Waals surface area contributed by atoms with E-state index in [0.717, 1.165) is 5.56 Å². The summed E-state index contributed by atoms with van der Waals surface area (Å²) in [4.78, 5) is 27.9. The first-order chi connectivity index (χ1) is 12.4. The van der Waals surface area contributed by atoms with Crippen LogP contribution in [0.2, 0.25) is 0 Å². The first kappa shape index (κ1) is 17.2. The van der Waals surface area contributed by atoms with Gasteiger partial charge in [-0.2, -0.15) is 0 Å². The topological polar surface area (TPSA) is 99.3 Å². The van der Waals surface area contributed by atoms with Crippen LogP contribution in [0.5, 0.6) is 0 Å². The van der Waals surface area contributed by atoms with Gasteiger partial charge in [0.2, 0.25) is 0 Å². The van der Waals surface area contributed by atoms with Crippen LogP contribution in [0, 0.1) is 6.92 Å². The van der Waals surface area contributed by atoms with E-state index in [0.29, 0.717) is 31.0 Å². The summed E-state index contributed by atoms with van der Waals surface area (Å²) in [6.45, 7) is 3.54. The molecular weight excluding hydrogens is 354 g/mol. The molecule has 4 heterocycles. The van der Waals surface area contributed by atoms with Gasteiger partial charge in [-0.15, -0.1) is 0 Å². The van der Waals surface area contributed by atoms with E-state index in [1.165, 1.54) is 6.33 Å². The second kappa shape index (κ2) is 6.48. The highest BCUT2D eigenvalue weighted by molar-refractivity contribution is 7.91. The van der Waals surface area contributed by atoms with Crippen LogP contribution >= 0.6 is 0 Å². The molecule has 2 aromatic heterocycles. The Hall–Kier alpha value is -2.26. The van der Waals surface area contributed by atoms with Gasteiger partial charge in [-0.05, 0) is 18.6 Å². The minimum absolute atomic E-state index is 0.0103. The number of carbonyl (C=O) groups excluding carboxylic acids is 1. The summed E-state index contributed by atoms with van der Waals surface area (Å²) in [5.74, 6) is -0.102. The van der Waals surface area contributed by atoms with Crippen LogP contribution in [0.4, 0.5) is 0 Å². The molecule has 2 aliphatic heterocycles. The van der Waals surface area contributed by atoms with Gasteiger partial charge in [-0.25, -0.2) is 13.4 Å². The lowest BCUT2D eigenvalue weighted by molar-refractivity contribution is 0.0301. The van der Waals surface area contributed by atoms with Gasteiger partial charge in [0, 0.05) is 43.8 Å². The van der Waals surface area contributed by atoms with Crippen LogP contribution in [0.3, 0.4) is 0 Å². The summed E-state index contributed by atoms with van der Waals surface area (Å²) in [5, 5.41) is 0. The van der Waals surface area contributed by atoms with Gasteiger partial charge in [0.25, 0.3) is 5.91 Å². The first-order valence-corrected chi connectivity index (χ1v) is 10.4. The highest BCUT2D eigenvalue weighted by Crippen LogP contribution is 2.29. The van der Waals surface area contributed by atoms with Gasteiger partial charge >= 0.3 is 0 Å². The molecule has 0 spiro atoms. The number of hydrogen-bond donors (Lipinski definition) is 1. The number of nitrogens with zero attached hydrogens (tertiary/aromatic N) is 4. The predicted octanol–water partition coefficient (Wildman–Crippen LogP) is 0.237. The molecule has 8 nitrogen and oxygen atoms in total. The number of imidazole rings is 1. The third-order valence-electron chi connectivity index (χ3n) is 5.19. The number of rotatable bonds is 3. The lowest BCUT2D eigenvalue weighted by Crippen LogP contribution is -2.60. The summed E-state index contributed by atoms with van der Waals surface area (Å²) >= 11 is 0. The maximum atomic E-state index is 12.9. The quantitative estimate of drug-likeness (QED) is 0.825. The molecule has 2 atom stereocenters. The van der Waals surface area contributed by atoms with Crippen molar-refractivity contribution in [3.05, 3.63) is 47.8 Å². The number of nitrogens with one attached hydrogen (secondary N) is 1. The predicted molar refractivity (Wildman–Crippen MR) is 95.2 cm³/mol. The highest BCUT2D eigenvalue weighted by atomic mass is 32.2. The fourth-order valence-electron chi connectivity index (χ4n) is 3.91. The molecule has 1 N–H and O–H groups in total. The number of piperazine rings is 1. The average molecular weight is 375 g/mol. The number of amides is 1. The zero-order valence-corrected chi connectivity index (χ0v) is 15.3. The molecule has 0 bridgehead atoms. The molecule has 9 heteroatoms. The number of carbonyl (C=O) groups is 1. The van der Waals surface area contributed by atoms with E-state index in [9.17, 15) is 13.2 Å². The number of fused-ring (bicyclic) bond motifs is 1. The fraction of sp³-hybridized carbons (Fsp3) is 0.471. The Morgan fingerprint density at radius 2 is 2.12 bits per heavy atom. The van der Waals surface area contributed by atoms with Gasteiger partial charge in [0.1, 0.15) is 5.69 Å². The number of aryl methyl sites for hydroxylation is 1. The maximum Gasteiger partial charge on any atom is 0.274 e. The highest BCUT2D eigenvalue weighted by Gasteiger charge is 2.48. The van der Waals surface area contributed by atoms with E-state index in [1.807, 2.05) is 12.1 Å². The van der Waals surface area contributed by atoms with Crippen molar-refractivity contribution in [2.75, 3.05) is 24.6 Å². The van der Waals surface area contributed by atoms with E-state index >= 15 is 0 Å². The van der Waals surface area contributed by atoms with Crippen LogP contribution in [0.15, 0.2) is 30.9 Å². The Morgan fingerprint density at radius 1 is 1.31 bits per heavy atom. The van der Waals surface area contributed by atoms with Crippen LogP contribution in [-0.2, 0) is 16.4 Å². The standard InChI is InChI=1S/C17H21N5O3S/c1-12-16(20-11-19-12)17(23)22-6-5-21(8-13-3-2-4-18-7-13)14-9-26(24,25)10-15(14)22/h2-4,7,11,14-15H,5-6,8-10H2,1H3,(H,19,20)/t14-,15+/m1/s1. The number of pyridine rings is 1. The van der Waals surface area contributed by atoms with E-state index < -0.39 is 9.84 Å². The van der Waals surface area contributed by atoms with Crippen molar-refractivity contribution in [1.82, 2.24) is 24.8 Å². The number of hydrogen-bond acceptors (Lipinski definition) is 6. The van der Waals surface area contributed by atoms with Gasteiger partial charge < -0.3 is 9.88 Å². The molecule has 26 heavy (non-hydrogen) atoms.